The van der Waals surface area contributed by atoms with Gasteiger partial charge >= 0.3 is 0 Å². The molecular weight excluding hydrogens is 214 g/mol. The summed E-state index contributed by atoms with van der Waals surface area (Å²) in [4.78, 5) is 0. The Morgan fingerprint density at radius 3 is 2.33 bits per heavy atom. The average molecular weight is 229 g/mol. The number of nitrogens with two attached hydrogens (primary N) is 1. The van der Waals surface area contributed by atoms with Gasteiger partial charge in [-0.25, -0.2) is 8.42 Å². The molecule has 5 heteroatoms. The summed E-state index contributed by atoms with van der Waals surface area (Å²) in [6, 6.07) is 6.97. The van der Waals surface area contributed by atoms with Gasteiger partial charge < -0.3 is 10.5 Å². The van der Waals surface area contributed by atoms with Crippen LogP contribution < -0.4 is 10.5 Å². The second-order valence-electron chi connectivity index (χ2n) is 3.23. The van der Waals surface area contributed by atoms with Crippen LogP contribution in [0, 0.1) is 0 Å². The molecule has 0 atom stereocenters. The van der Waals surface area contributed by atoms with Gasteiger partial charge in [-0.1, -0.05) is 12.1 Å². The van der Waals surface area contributed by atoms with Crippen molar-refractivity contribution < 1.29 is 13.2 Å². The minimum absolute atomic E-state index is 0.0268. The van der Waals surface area contributed by atoms with Crippen molar-refractivity contribution in [3.05, 3.63) is 29.8 Å². The number of sulfone groups is 1. The normalized spacial score (nSPS) is 11.3. The Bertz CT molecular complexity index is 397. The van der Waals surface area contributed by atoms with E-state index < -0.39 is 9.84 Å². The van der Waals surface area contributed by atoms with Crippen LogP contribution in [-0.4, -0.2) is 27.8 Å². The predicted octanol–water partition coefficient (Wildman–Crippen LogP) is 0.569. The molecule has 0 amide bonds. The van der Waals surface area contributed by atoms with Crippen LogP contribution in [-0.2, 0) is 15.6 Å². The molecule has 0 spiro atoms. The highest BCUT2D eigenvalue weighted by molar-refractivity contribution is 7.90. The first-order valence-corrected chi connectivity index (χ1v) is 6.43. The number of benzene rings is 1. The minimum atomic E-state index is -3.07. The van der Waals surface area contributed by atoms with E-state index in [0.717, 1.165) is 11.3 Å². The topological polar surface area (TPSA) is 69.4 Å². The third-order valence-corrected chi connectivity index (χ3v) is 3.61. The highest BCUT2D eigenvalue weighted by Crippen LogP contribution is 2.13. The summed E-state index contributed by atoms with van der Waals surface area (Å²) in [5.41, 5.74) is 5.97. The zero-order valence-electron chi connectivity index (χ0n) is 8.64. The van der Waals surface area contributed by atoms with Gasteiger partial charge in [0.2, 0.25) is 0 Å². The van der Waals surface area contributed by atoms with Crippen molar-refractivity contribution >= 4 is 9.84 Å². The molecule has 0 aliphatic heterocycles. The Hall–Kier alpha value is -1.07. The molecule has 1 rings (SSSR count). The van der Waals surface area contributed by atoms with E-state index in [9.17, 15) is 8.42 Å². The van der Waals surface area contributed by atoms with Crippen LogP contribution >= 0.6 is 0 Å². The maximum absolute atomic E-state index is 11.4. The first kappa shape index (κ1) is 12.0. The van der Waals surface area contributed by atoms with Crippen LogP contribution in [0.4, 0.5) is 0 Å². The van der Waals surface area contributed by atoms with Gasteiger partial charge in [-0.2, -0.15) is 0 Å². The first-order valence-electron chi connectivity index (χ1n) is 4.61. The summed E-state index contributed by atoms with van der Waals surface area (Å²) in [7, 11) is -1.50. The van der Waals surface area contributed by atoms with Gasteiger partial charge in [-0.15, -0.1) is 0 Å². The van der Waals surface area contributed by atoms with Gasteiger partial charge in [-0.05, 0) is 17.7 Å². The summed E-state index contributed by atoms with van der Waals surface area (Å²) in [6.45, 7) is 0.165. The van der Waals surface area contributed by atoms with E-state index in [1.54, 1.807) is 31.4 Å². The minimum Gasteiger partial charge on any atom is -0.497 e. The maximum atomic E-state index is 11.4. The second kappa shape index (κ2) is 5.14. The predicted molar refractivity (Wildman–Crippen MR) is 59.5 cm³/mol. The largest absolute Gasteiger partial charge is 0.497 e. The van der Waals surface area contributed by atoms with Gasteiger partial charge in [0, 0.05) is 6.54 Å². The van der Waals surface area contributed by atoms with Crippen molar-refractivity contribution in [2.45, 2.75) is 5.75 Å². The van der Waals surface area contributed by atoms with Gasteiger partial charge in [0.25, 0.3) is 0 Å². The molecule has 15 heavy (non-hydrogen) atoms. The fraction of sp³-hybridized carbons (Fsp3) is 0.400. The highest BCUT2D eigenvalue weighted by atomic mass is 32.2. The molecule has 0 saturated carbocycles. The quantitative estimate of drug-likeness (QED) is 0.801. The van der Waals surface area contributed by atoms with E-state index >= 15 is 0 Å². The molecule has 0 aliphatic rings. The first-order chi connectivity index (χ1) is 7.07. The van der Waals surface area contributed by atoms with Gasteiger partial charge in [0.05, 0.1) is 18.6 Å². The van der Waals surface area contributed by atoms with Crippen LogP contribution in [0.25, 0.3) is 0 Å². The molecular formula is C10H15NO3S. The summed E-state index contributed by atoms with van der Waals surface area (Å²) in [6.07, 6.45) is 0. The van der Waals surface area contributed by atoms with Gasteiger partial charge in [0.15, 0.2) is 9.84 Å². The Labute approximate surface area is 90.0 Å². The smallest absolute Gasteiger partial charge is 0.155 e. The van der Waals surface area contributed by atoms with E-state index in [-0.39, 0.29) is 18.1 Å². The molecule has 0 bridgehead atoms. The van der Waals surface area contributed by atoms with Crippen molar-refractivity contribution in [1.29, 1.82) is 0 Å². The van der Waals surface area contributed by atoms with E-state index in [0.29, 0.717) is 0 Å². The van der Waals surface area contributed by atoms with Crippen molar-refractivity contribution in [2.75, 3.05) is 19.4 Å². The summed E-state index contributed by atoms with van der Waals surface area (Å²) < 4.78 is 27.9. The van der Waals surface area contributed by atoms with Crippen LogP contribution in [0.15, 0.2) is 24.3 Å². The third-order valence-electron chi connectivity index (χ3n) is 1.97. The lowest BCUT2D eigenvalue weighted by atomic mass is 10.2. The zero-order valence-corrected chi connectivity index (χ0v) is 9.46. The van der Waals surface area contributed by atoms with Gasteiger partial charge in [0.1, 0.15) is 5.75 Å². The lowest BCUT2D eigenvalue weighted by Gasteiger charge is -2.04. The Balaban J connectivity index is 2.73. The van der Waals surface area contributed by atoms with Crippen LogP contribution in [0.1, 0.15) is 5.56 Å². The van der Waals surface area contributed by atoms with E-state index in [1.165, 1.54) is 0 Å². The van der Waals surface area contributed by atoms with E-state index in [2.05, 4.69) is 0 Å². The monoisotopic (exact) mass is 229 g/mol. The molecule has 0 unspecified atom stereocenters. The van der Waals surface area contributed by atoms with Crippen LogP contribution in [0.3, 0.4) is 0 Å². The lowest BCUT2D eigenvalue weighted by molar-refractivity contribution is 0.414. The number of ether oxygens (including phenoxy) is 1. The third kappa shape index (κ3) is 3.89. The Kier molecular flexibility index (Phi) is 4.11. The Morgan fingerprint density at radius 2 is 1.87 bits per heavy atom. The molecule has 0 heterocycles. The van der Waals surface area contributed by atoms with Crippen molar-refractivity contribution in [2.24, 2.45) is 5.73 Å². The molecule has 4 nitrogen and oxygen atoms in total. The number of hydrogen-bond donors (Lipinski definition) is 1. The Morgan fingerprint density at radius 1 is 1.27 bits per heavy atom. The standard InChI is InChI=1S/C10H15NO3S/c1-14-10-4-2-9(3-5-10)8-15(12,13)7-6-11/h2-5H,6-8,11H2,1H3. The fourth-order valence-corrected chi connectivity index (χ4v) is 2.43. The molecule has 0 saturated heterocycles. The van der Waals surface area contributed by atoms with Crippen molar-refractivity contribution in [3.63, 3.8) is 0 Å². The van der Waals surface area contributed by atoms with Crippen molar-refractivity contribution in [1.82, 2.24) is 0 Å². The van der Waals surface area contributed by atoms with Gasteiger partial charge in [-0.3, -0.25) is 0 Å². The highest BCUT2D eigenvalue weighted by Gasteiger charge is 2.10. The molecule has 1 aromatic rings. The lowest BCUT2D eigenvalue weighted by Crippen LogP contribution is -2.17. The molecule has 2 N–H and O–H groups in total. The number of hydrogen-bond acceptors (Lipinski definition) is 4. The molecule has 84 valence electrons. The molecule has 1 aromatic carbocycles. The SMILES string of the molecule is COc1ccc(CS(=O)(=O)CCN)cc1. The van der Waals surface area contributed by atoms with Crippen molar-refractivity contribution in [3.8, 4) is 5.75 Å². The maximum Gasteiger partial charge on any atom is 0.155 e. The van der Waals surface area contributed by atoms with E-state index in [4.69, 9.17) is 10.5 Å². The zero-order chi connectivity index (χ0) is 11.3. The van der Waals surface area contributed by atoms with E-state index in [1.807, 2.05) is 0 Å². The molecule has 0 radical (unpaired) electrons. The molecule has 0 aliphatic carbocycles. The average Bonchev–Trinajstić information content (AvgIpc) is 2.18. The summed E-state index contributed by atoms with van der Waals surface area (Å²) in [5.74, 6) is 0.780. The van der Waals surface area contributed by atoms with Crippen LogP contribution in [0.2, 0.25) is 0 Å². The summed E-state index contributed by atoms with van der Waals surface area (Å²) >= 11 is 0. The molecule has 0 aromatic heterocycles. The number of rotatable bonds is 5. The second-order valence-corrected chi connectivity index (χ2v) is 5.41. The number of methoxy groups -OCH3 is 1. The fourth-order valence-electron chi connectivity index (χ4n) is 1.23. The summed E-state index contributed by atoms with van der Waals surface area (Å²) in [5, 5.41) is 0. The van der Waals surface area contributed by atoms with Crippen LogP contribution in [0.5, 0.6) is 5.75 Å². The molecule has 0 fully saturated rings.